The van der Waals surface area contributed by atoms with Gasteiger partial charge in [-0.05, 0) is 31.2 Å². The minimum absolute atomic E-state index is 0.268. The molecule has 1 aromatic rings. The van der Waals surface area contributed by atoms with Crippen molar-refractivity contribution in [3.8, 4) is 6.07 Å². The lowest BCUT2D eigenvalue weighted by atomic mass is 10.2. The fraction of sp³-hybridized carbons (Fsp3) is 0.200. The predicted molar refractivity (Wildman–Crippen MR) is 54.0 cm³/mol. The van der Waals surface area contributed by atoms with Gasteiger partial charge in [0, 0.05) is 10.6 Å². The molecule has 0 heterocycles. The summed E-state index contributed by atoms with van der Waals surface area (Å²) in [5.41, 5.74) is 0.497. The fourth-order valence-corrected chi connectivity index (χ4v) is 1.04. The molecule has 4 heteroatoms. The van der Waals surface area contributed by atoms with Crippen molar-refractivity contribution in [2.45, 2.75) is 13.0 Å². The molecule has 1 atom stereocenters. The van der Waals surface area contributed by atoms with Crippen molar-refractivity contribution in [1.82, 2.24) is 5.32 Å². The molecule has 0 radical (unpaired) electrons. The standard InChI is InChI=1S/C10H9ClN2O/c1-7(6-12)13-10(14)8-2-4-9(11)5-3-8/h2-5,7H,1H3,(H,13,14). The highest BCUT2D eigenvalue weighted by molar-refractivity contribution is 6.30. The zero-order valence-electron chi connectivity index (χ0n) is 7.62. The van der Waals surface area contributed by atoms with Gasteiger partial charge in [0.25, 0.3) is 5.91 Å². The van der Waals surface area contributed by atoms with E-state index in [1.54, 1.807) is 31.2 Å². The summed E-state index contributed by atoms with van der Waals surface area (Å²) in [5.74, 6) is -0.268. The molecule has 1 aromatic carbocycles. The van der Waals surface area contributed by atoms with Crippen LogP contribution in [0.15, 0.2) is 24.3 Å². The molecule has 0 bridgehead atoms. The number of carbonyl (C=O) groups is 1. The zero-order valence-corrected chi connectivity index (χ0v) is 8.38. The van der Waals surface area contributed by atoms with E-state index in [9.17, 15) is 4.79 Å². The summed E-state index contributed by atoms with van der Waals surface area (Å²) >= 11 is 5.67. The average Bonchev–Trinajstić information content (AvgIpc) is 2.18. The Balaban J connectivity index is 2.71. The predicted octanol–water partition coefficient (Wildman–Crippen LogP) is 1.98. The first kappa shape index (κ1) is 10.6. The van der Waals surface area contributed by atoms with E-state index in [4.69, 9.17) is 16.9 Å². The fourth-order valence-electron chi connectivity index (χ4n) is 0.914. The van der Waals surface area contributed by atoms with Crippen molar-refractivity contribution in [2.75, 3.05) is 0 Å². The van der Waals surface area contributed by atoms with E-state index < -0.39 is 6.04 Å². The molecule has 1 rings (SSSR count). The highest BCUT2D eigenvalue weighted by atomic mass is 35.5. The van der Waals surface area contributed by atoms with Crippen LogP contribution in [0.5, 0.6) is 0 Å². The summed E-state index contributed by atoms with van der Waals surface area (Å²) in [6.45, 7) is 1.62. The second kappa shape index (κ2) is 4.64. The maximum absolute atomic E-state index is 11.4. The number of nitrogens with one attached hydrogen (secondary N) is 1. The third-order valence-electron chi connectivity index (χ3n) is 1.65. The molecule has 1 amide bonds. The molecule has 0 aromatic heterocycles. The molecule has 72 valence electrons. The number of rotatable bonds is 2. The van der Waals surface area contributed by atoms with E-state index in [-0.39, 0.29) is 5.91 Å². The number of amides is 1. The van der Waals surface area contributed by atoms with E-state index >= 15 is 0 Å². The minimum atomic E-state index is -0.488. The molecular weight excluding hydrogens is 200 g/mol. The van der Waals surface area contributed by atoms with Crippen LogP contribution < -0.4 is 5.32 Å². The van der Waals surface area contributed by atoms with Gasteiger partial charge in [0.15, 0.2) is 0 Å². The normalized spacial score (nSPS) is 11.5. The zero-order chi connectivity index (χ0) is 10.6. The van der Waals surface area contributed by atoms with Gasteiger partial charge in [0.05, 0.1) is 6.07 Å². The molecule has 1 unspecified atom stereocenters. The average molecular weight is 209 g/mol. The number of hydrogen-bond donors (Lipinski definition) is 1. The SMILES string of the molecule is CC(C#N)NC(=O)c1ccc(Cl)cc1. The molecule has 1 N–H and O–H groups in total. The second-order valence-corrected chi connectivity index (χ2v) is 3.27. The Morgan fingerprint density at radius 3 is 2.57 bits per heavy atom. The van der Waals surface area contributed by atoms with Crippen molar-refractivity contribution in [1.29, 1.82) is 5.26 Å². The van der Waals surface area contributed by atoms with Crippen LogP contribution in [0.3, 0.4) is 0 Å². The van der Waals surface area contributed by atoms with Crippen molar-refractivity contribution < 1.29 is 4.79 Å². The first-order valence-corrected chi connectivity index (χ1v) is 4.47. The van der Waals surface area contributed by atoms with E-state index in [1.165, 1.54) is 0 Å². The maximum Gasteiger partial charge on any atom is 0.252 e. The number of nitrogens with zero attached hydrogens (tertiary/aromatic N) is 1. The monoisotopic (exact) mass is 208 g/mol. The Morgan fingerprint density at radius 2 is 2.07 bits per heavy atom. The molecule has 0 aliphatic heterocycles. The van der Waals surface area contributed by atoms with Gasteiger partial charge < -0.3 is 5.32 Å². The van der Waals surface area contributed by atoms with E-state index in [2.05, 4.69) is 5.32 Å². The highest BCUT2D eigenvalue weighted by Crippen LogP contribution is 2.09. The molecule has 0 fully saturated rings. The molecule has 0 saturated heterocycles. The molecule has 14 heavy (non-hydrogen) atoms. The number of nitriles is 1. The molecule has 0 spiro atoms. The van der Waals surface area contributed by atoms with Gasteiger partial charge in [-0.2, -0.15) is 5.26 Å². The van der Waals surface area contributed by atoms with Gasteiger partial charge in [-0.15, -0.1) is 0 Å². The Bertz CT molecular complexity index is 367. The van der Waals surface area contributed by atoms with Gasteiger partial charge in [-0.25, -0.2) is 0 Å². The Morgan fingerprint density at radius 1 is 1.50 bits per heavy atom. The molecule has 3 nitrogen and oxygen atoms in total. The smallest absolute Gasteiger partial charge is 0.252 e. The quantitative estimate of drug-likeness (QED) is 0.808. The van der Waals surface area contributed by atoms with Crippen molar-refractivity contribution >= 4 is 17.5 Å². The summed E-state index contributed by atoms with van der Waals surface area (Å²) in [7, 11) is 0. The van der Waals surface area contributed by atoms with Gasteiger partial charge >= 0.3 is 0 Å². The lowest BCUT2D eigenvalue weighted by molar-refractivity contribution is 0.0948. The van der Waals surface area contributed by atoms with Gasteiger partial charge in [0.1, 0.15) is 6.04 Å². The summed E-state index contributed by atoms with van der Waals surface area (Å²) in [6, 6.07) is 7.92. The van der Waals surface area contributed by atoms with Crippen LogP contribution >= 0.6 is 11.6 Å². The maximum atomic E-state index is 11.4. The Labute approximate surface area is 87.3 Å². The van der Waals surface area contributed by atoms with Gasteiger partial charge in [-0.1, -0.05) is 11.6 Å². The number of benzene rings is 1. The Hall–Kier alpha value is -1.53. The largest absolute Gasteiger partial charge is 0.337 e. The van der Waals surface area contributed by atoms with Crippen LogP contribution in [0.1, 0.15) is 17.3 Å². The van der Waals surface area contributed by atoms with Crippen LogP contribution in [-0.4, -0.2) is 11.9 Å². The third kappa shape index (κ3) is 2.75. The molecule has 0 saturated carbocycles. The van der Waals surface area contributed by atoms with Crippen LogP contribution in [0.4, 0.5) is 0 Å². The van der Waals surface area contributed by atoms with Crippen LogP contribution in [0, 0.1) is 11.3 Å². The second-order valence-electron chi connectivity index (χ2n) is 2.83. The third-order valence-corrected chi connectivity index (χ3v) is 1.90. The topological polar surface area (TPSA) is 52.9 Å². The van der Waals surface area contributed by atoms with Crippen LogP contribution in [-0.2, 0) is 0 Å². The van der Waals surface area contributed by atoms with Crippen molar-refractivity contribution in [3.05, 3.63) is 34.9 Å². The lowest BCUT2D eigenvalue weighted by Gasteiger charge is -2.05. The minimum Gasteiger partial charge on any atom is -0.337 e. The molecular formula is C10H9ClN2O. The number of halogens is 1. The first-order valence-electron chi connectivity index (χ1n) is 4.09. The summed E-state index contributed by atoms with van der Waals surface area (Å²) in [4.78, 5) is 11.4. The first-order chi connectivity index (χ1) is 6.63. The Kier molecular flexibility index (Phi) is 3.49. The van der Waals surface area contributed by atoms with E-state index in [1.807, 2.05) is 6.07 Å². The highest BCUT2D eigenvalue weighted by Gasteiger charge is 2.07. The summed E-state index contributed by atoms with van der Waals surface area (Å²) < 4.78 is 0. The summed E-state index contributed by atoms with van der Waals surface area (Å²) in [6.07, 6.45) is 0. The molecule has 0 aliphatic carbocycles. The van der Waals surface area contributed by atoms with Gasteiger partial charge in [-0.3, -0.25) is 4.79 Å². The summed E-state index contributed by atoms with van der Waals surface area (Å²) in [5, 5.41) is 11.6. The van der Waals surface area contributed by atoms with Gasteiger partial charge in [0.2, 0.25) is 0 Å². The lowest BCUT2D eigenvalue weighted by Crippen LogP contribution is -2.31. The molecule has 0 aliphatic rings. The van der Waals surface area contributed by atoms with Crippen molar-refractivity contribution in [3.63, 3.8) is 0 Å². The number of hydrogen-bond acceptors (Lipinski definition) is 2. The van der Waals surface area contributed by atoms with Crippen LogP contribution in [0.2, 0.25) is 5.02 Å². The van der Waals surface area contributed by atoms with Crippen molar-refractivity contribution in [2.24, 2.45) is 0 Å². The van der Waals surface area contributed by atoms with E-state index in [0.29, 0.717) is 10.6 Å². The number of carbonyl (C=O) groups excluding carboxylic acids is 1. The van der Waals surface area contributed by atoms with Crippen LogP contribution in [0.25, 0.3) is 0 Å². The van der Waals surface area contributed by atoms with E-state index in [0.717, 1.165) is 0 Å².